The molecule has 8 nitrogen and oxygen atoms in total. The maximum atomic E-state index is 11.9. The van der Waals surface area contributed by atoms with Crippen molar-refractivity contribution in [3.05, 3.63) is 36.0 Å². The average Bonchev–Trinajstić information content (AvgIpc) is 3.08. The number of aromatic nitrogens is 3. The monoisotopic (exact) mass is 346 g/mol. The Kier molecular flexibility index (Phi) is 6.64. The minimum atomic E-state index is -0.893. The van der Waals surface area contributed by atoms with E-state index >= 15 is 0 Å². The van der Waals surface area contributed by atoms with Crippen molar-refractivity contribution in [3.8, 4) is 11.3 Å². The highest BCUT2D eigenvalue weighted by Crippen LogP contribution is 2.17. The van der Waals surface area contributed by atoms with Crippen molar-refractivity contribution in [2.24, 2.45) is 0 Å². The third-order valence-corrected chi connectivity index (χ3v) is 3.82. The normalized spacial score (nSPS) is 10.6. The van der Waals surface area contributed by atoms with Crippen LogP contribution in [0.5, 0.6) is 0 Å². The summed E-state index contributed by atoms with van der Waals surface area (Å²) in [6.07, 6.45) is 2.35. The number of rotatable bonds is 9. The van der Waals surface area contributed by atoms with Gasteiger partial charge in [-0.05, 0) is 18.1 Å². The van der Waals surface area contributed by atoms with Gasteiger partial charge in [-0.15, -0.1) is 5.10 Å². The lowest BCUT2D eigenvalue weighted by Crippen LogP contribution is -2.30. The summed E-state index contributed by atoms with van der Waals surface area (Å²) in [5.74, 6) is -0.979. The molecule has 0 spiro atoms. The lowest BCUT2D eigenvalue weighted by molar-refractivity contribution is -0.137. The van der Waals surface area contributed by atoms with Crippen molar-refractivity contribution in [1.82, 2.24) is 19.9 Å². The predicted molar refractivity (Wildman–Crippen MR) is 90.5 cm³/mol. The van der Waals surface area contributed by atoms with E-state index in [1.54, 1.807) is 22.8 Å². The zero-order valence-corrected chi connectivity index (χ0v) is 14.1. The third-order valence-electron chi connectivity index (χ3n) is 3.82. The molecule has 0 saturated carbocycles. The first-order valence-corrected chi connectivity index (χ1v) is 8.05. The molecule has 1 amide bonds. The van der Waals surface area contributed by atoms with Crippen LogP contribution >= 0.6 is 0 Å². The van der Waals surface area contributed by atoms with Crippen LogP contribution in [0.1, 0.15) is 24.8 Å². The molecule has 2 N–H and O–H groups in total. The largest absolute Gasteiger partial charge is 0.481 e. The van der Waals surface area contributed by atoms with E-state index in [2.05, 4.69) is 10.3 Å². The third kappa shape index (κ3) is 5.68. The molecule has 8 heteroatoms. The van der Waals surface area contributed by atoms with Crippen molar-refractivity contribution in [2.45, 2.75) is 32.4 Å². The van der Waals surface area contributed by atoms with Crippen LogP contribution in [0.2, 0.25) is 0 Å². The number of carboxylic acid groups (broad SMARTS) is 1. The predicted octanol–water partition coefficient (Wildman–Crippen LogP) is 1.15. The highest BCUT2D eigenvalue weighted by Gasteiger charge is 2.10. The molecule has 1 aromatic heterocycles. The number of aliphatic hydroxyl groups is 1. The molecule has 134 valence electrons. The van der Waals surface area contributed by atoms with Gasteiger partial charge >= 0.3 is 5.97 Å². The standard InChI is InChI=1S/C17H22N4O4/c1-20(16(23)6-3-7-17(24)25)8-9-21-11-15(18-19-21)14-5-2-4-13(10-14)12-22/h2,4-5,10-11,22H,3,6-9,12H2,1H3,(H,24,25). The molecule has 25 heavy (non-hydrogen) atoms. The molecule has 0 bridgehead atoms. The number of carboxylic acids is 1. The van der Waals surface area contributed by atoms with E-state index in [0.717, 1.165) is 11.1 Å². The summed E-state index contributed by atoms with van der Waals surface area (Å²) in [5, 5.41) is 26.0. The lowest BCUT2D eigenvalue weighted by atomic mass is 10.1. The number of hydrogen-bond donors (Lipinski definition) is 2. The summed E-state index contributed by atoms with van der Waals surface area (Å²) < 4.78 is 1.65. The molecule has 0 unspecified atom stereocenters. The van der Waals surface area contributed by atoms with Gasteiger partial charge in [0.1, 0.15) is 5.69 Å². The Morgan fingerprint density at radius 1 is 1.28 bits per heavy atom. The van der Waals surface area contributed by atoms with Gasteiger partial charge in [0.2, 0.25) is 5.91 Å². The smallest absolute Gasteiger partial charge is 0.303 e. The average molecular weight is 346 g/mol. The van der Waals surface area contributed by atoms with E-state index in [9.17, 15) is 14.7 Å². The minimum absolute atomic E-state index is 0.00107. The summed E-state index contributed by atoms with van der Waals surface area (Å²) in [7, 11) is 1.69. The molecule has 0 aliphatic carbocycles. The first-order chi connectivity index (χ1) is 12.0. The number of amides is 1. The number of nitrogens with zero attached hydrogens (tertiary/aromatic N) is 4. The molecule has 0 saturated heterocycles. The Hall–Kier alpha value is -2.74. The van der Waals surface area contributed by atoms with Crippen LogP contribution in [-0.2, 0) is 22.7 Å². The molecule has 2 rings (SSSR count). The summed E-state index contributed by atoms with van der Waals surface area (Å²) in [6.45, 7) is 0.927. The first-order valence-electron chi connectivity index (χ1n) is 8.05. The van der Waals surface area contributed by atoms with Gasteiger partial charge in [-0.1, -0.05) is 23.4 Å². The Labute approximate surface area is 145 Å². The summed E-state index contributed by atoms with van der Waals surface area (Å²) >= 11 is 0. The number of benzene rings is 1. The summed E-state index contributed by atoms with van der Waals surface area (Å²) in [4.78, 5) is 23.9. The maximum absolute atomic E-state index is 11.9. The molecule has 0 radical (unpaired) electrons. The number of carbonyl (C=O) groups excluding carboxylic acids is 1. The van der Waals surface area contributed by atoms with Gasteiger partial charge in [-0.3, -0.25) is 14.3 Å². The zero-order valence-electron chi connectivity index (χ0n) is 14.1. The van der Waals surface area contributed by atoms with E-state index in [-0.39, 0.29) is 25.4 Å². The van der Waals surface area contributed by atoms with Gasteiger partial charge in [-0.2, -0.15) is 0 Å². The molecule has 0 aliphatic heterocycles. The van der Waals surface area contributed by atoms with Crippen molar-refractivity contribution < 1.29 is 19.8 Å². The van der Waals surface area contributed by atoms with Crippen LogP contribution in [0.25, 0.3) is 11.3 Å². The minimum Gasteiger partial charge on any atom is -0.481 e. The highest BCUT2D eigenvalue weighted by atomic mass is 16.4. The van der Waals surface area contributed by atoms with E-state index in [0.29, 0.717) is 25.2 Å². The Bertz CT molecular complexity index is 729. The van der Waals surface area contributed by atoms with Crippen molar-refractivity contribution in [1.29, 1.82) is 0 Å². The second-order valence-corrected chi connectivity index (χ2v) is 5.79. The fourth-order valence-corrected chi connectivity index (χ4v) is 2.33. The molecule has 0 fully saturated rings. The Balaban J connectivity index is 1.86. The fourth-order valence-electron chi connectivity index (χ4n) is 2.33. The maximum Gasteiger partial charge on any atom is 0.303 e. The first kappa shape index (κ1) is 18.6. The van der Waals surface area contributed by atoms with Crippen LogP contribution in [0.15, 0.2) is 30.5 Å². The van der Waals surface area contributed by atoms with Crippen molar-refractivity contribution in [3.63, 3.8) is 0 Å². The second kappa shape index (κ2) is 8.93. The van der Waals surface area contributed by atoms with Crippen molar-refractivity contribution in [2.75, 3.05) is 13.6 Å². The van der Waals surface area contributed by atoms with Gasteiger partial charge in [-0.25, -0.2) is 0 Å². The fraction of sp³-hybridized carbons (Fsp3) is 0.412. The number of hydrogen-bond acceptors (Lipinski definition) is 5. The van der Waals surface area contributed by atoms with Crippen LogP contribution < -0.4 is 0 Å². The molecule has 1 heterocycles. The SMILES string of the molecule is CN(CCn1cc(-c2cccc(CO)c2)nn1)C(=O)CCCC(=O)O. The number of likely N-dealkylation sites (N-methyl/N-ethyl adjacent to an activating group) is 1. The van der Waals surface area contributed by atoms with Gasteiger partial charge in [0, 0.05) is 32.0 Å². The summed E-state index contributed by atoms with van der Waals surface area (Å²) in [6, 6.07) is 7.43. The van der Waals surface area contributed by atoms with Crippen LogP contribution in [-0.4, -0.2) is 55.6 Å². The topological polar surface area (TPSA) is 109 Å². The van der Waals surface area contributed by atoms with Crippen molar-refractivity contribution >= 4 is 11.9 Å². The van der Waals surface area contributed by atoms with Crippen LogP contribution in [0.4, 0.5) is 0 Å². The van der Waals surface area contributed by atoms with Crippen LogP contribution in [0, 0.1) is 0 Å². The quantitative estimate of drug-likeness (QED) is 0.705. The number of aliphatic hydroxyl groups excluding tert-OH is 1. The lowest BCUT2D eigenvalue weighted by Gasteiger charge is -2.16. The van der Waals surface area contributed by atoms with Gasteiger partial charge in [0.05, 0.1) is 19.3 Å². The zero-order chi connectivity index (χ0) is 18.2. The van der Waals surface area contributed by atoms with E-state index in [1.165, 1.54) is 0 Å². The van der Waals surface area contributed by atoms with Gasteiger partial charge < -0.3 is 15.1 Å². The number of carbonyl (C=O) groups is 2. The highest BCUT2D eigenvalue weighted by molar-refractivity contribution is 5.76. The molecule has 0 aliphatic rings. The number of aliphatic carboxylic acids is 1. The second-order valence-electron chi connectivity index (χ2n) is 5.79. The van der Waals surface area contributed by atoms with E-state index in [4.69, 9.17) is 5.11 Å². The molecule has 2 aromatic rings. The molecular formula is C17H22N4O4. The van der Waals surface area contributed by atoms with Gasteiger partial charge in [0.15, 0.2) is 0 Å². The molecular weight excluding hydrogens is 324 g/mol. The van der Waals surface area contributed by atoms with Gasteiger partial charge in [0.25, 0.3) is 0 Å². The Morgan fingerprint density at radius 3 is 2.80 bits per heavy atom. The van der Waals surface area contributed by atoms with E-state index < -0.39 is 5.97 Å². The van der Waals surface area contributed by atoms with Crippen LogP contribution in [0.3, 0.4) is 0 Å². The molecule has 0 atom stereocenters. The summed E-state index contributed by atoms with van der Waals surface area (Å²) in [5.41, 5.74) is 2.38. The Morgan fingerprint density at radius 2 is 2.08 bits per heavy atom. The van der Waals surface area contributed by atoms with E-state index in [1.807, 2.05) is 24.3 Å². The molecule has 1 aromatic carbocycles.